The molecule has 0 saturated carbocycles. The Bertz CT molecular complexity index is 886. The molecule has 0 atom stereocenters. The van der Waals surface area contributed by atoms with Crippen molar-refractivity contribution in [1.82, 2.24) is 0 Å². The Morgan fingerprint density at radius 3 is 1.62 bits per heavy atom. The van der Waals surface area contributed by atoms with Crippen LogP contribution in [-0.4, -0.2) is 11.1 Å². The maximum absolute atomic E-state index is 12.4. The lowest BCUT2D eigenvalue weighted by Crippen LogP contribution is -2.32. The van der Waals surface area contributed by atoms with Gasteiger partial charge in [-0.3, -0.25) is 9.59 Å². The molecular weight excluding hydrogens is 422 g/mol. The predicted molar refractivity (Wildman–Crippen MR) is 137 cm³/mol. The Balaban J connectivity index is 0.00000227. The van der Waals surface area contributed by atoms with E-state index in [1.165, 1.54) is 16.7 Å². The van der Waals surface area contributed by atoms with E-state index in [2.05, 4.69) is 39.9 Å². The van der Waals surface area contributed by atoms with E-state index in [1.54, 1.807) is 26.0 Å². The van der Waals surface area contributed by atoms with Crippen LogP contribution in [0.4, 0.5) is 5.69 Å². The minimum absolute atomic E-state index is 0.0216. The van der Waals surface area contributed by atoms with Crippen LogP contribution in [0.5, 0.6) is 11.5 Å². The Morgan fingerprint density at radius 2 is 1.22 bits per heavy atom. The van der Waals surface area contributed by atoms with E-state index in [-0.39, 0.29) is 12.3 Å². The van der Waals surface area contributed by atoms with Crippen molar-refractivity contribution in [2.75, 3.05) is 5.32 Å². The molecule has 0 bridgehead atoms. The summed E-state index contributed by atoms with van der Waals surface area (Å²) >= 11 is 5.43. The number of halogens is 1. The zero-order valence-electron chi connectivity index (χ0n) is 21.6. The van der Waals surface area contributed by atoms with E-state index in [0.29, 0.717) is 11.4 Å². The van der Waals surface area contributed by atoms with Crippen molar-refractivity contribution in [3.63, 3.8) is 0 Å². The van der Waals surface area contributed by atoms with Gasteiger partial charge in [-0.2, -0.15) is 0 Å². The highest BCUT2D eigenvalue weighted by Gasteiger charge is 2.30. The molecule has 4 nitrogen and oxygen atoms in total. The van der Waals surface area contributed by atoms with Gasteiger partial charge in [-0.1, -0.05) is 41.5 Å². The van der Waals surface area contributed by atoms with Gasteiger partial charge >= 0.3 is 0 Å². The first-order valence-electron chi connectivity index (χ1n) is 11.3. The molecule has 5 heteroatoms. The van der Waals surface area contributed by atoms with E-state index in [4.69, 9.17) is 16.3 Å². The highest BCUT2D eigenvalue weighted by molar-refractivity contribution is 6.63. The number of ether oxygens (including phenoxy) is 1. The van der Waals surface area contributed by atoms with Crippen molar-refractivity contribution in [2.24, 2.45) is 5.41 Å². The summed E-state index contributed by atoms with van der Waals surface area (Å²) in [5, 5.41) is 2.29. The maximum Gasteiger partial charge on any atom is 0.230 e. The third-order valence-corrected chi connectivity index (χ3v) is 5.59. The monoisotopic (exact) mass is 461 g/mol. The van der Waals surface area contributed by atoms with E-state index in [0.717, 1.165) is 16.9 Å². The minimum Gasteiger partial charge on any atom is -0.457 e. The third kappa shape index (κ3) is 7.67. The second-order valence-electron chi connectivity index (χ2n) is 7.95. The van der Waals surface area contributed by atoms with Gasteiger partial charge in [-0.05, 0) is 98.3 Å². The Morgan fingerprint density at radius 1 is 0.812 bits per heavy atom. The fourth-order valence-electron chi connectivity index (χ4n) is 3.07. The van der Waals surface area contributed by atoms with Gasteiger partial charge in [-0.15, -0.1) is 0 Å². The second kappa shape index (κ2) is 13.3. The van der Waals surface area contributed by atoms with Gasteiger partial charge in [0.15, 0.2) is 0 Å². The molecule has 0 aliphatic carbocycles. The van der Waals surface area contributed by atoms with E-state index in [1.807, 2.05) is 39.8 Å². The van der Waals surface area contributed by atoms with Crippen LogP contribution in [-0.2, 0) is 9.59 Å². The summed E-state index contributed by atoms with van der Waals surface area (Å²) in [5.41, 5.74) is 5.78. The lowest BCUT2D eigenvalue weighted by atomic mass is 9.89. The number of nitrogens with one attached hydrogen (secondary N) is 1. The molecule has 0 aliphatic rings. The highest BCUT2D eigenvalue weighted by atomic mass is 35.5. The van der Waals surface area contributed by atoms with Crippen molar-refractivity contribution >= 4 is 28.4 Å². The Labute approximate surface area is 199 Å². The van der Waals surface area contributed by atoms with Crippen LogP contribution in [0, 0.1) is 40.0 Å². The van der Waals surface area contributed by atoms with Crippen molar-refractivity contribution in [3.8, 4) is 11.5 Å². The Hall–Kier alpha value is -2.33. The number of hydrogen-bond acceptors (Lipinski definition) is 3. The van der Waals surface area contributed by atoms with Crippen molar-refractivity contribution < 1.29 is 14.3 Å². The summed E-state index contributed by atoms with van der Waals surface area (Å²) in [6.07, 6.45) is -0.0216. The molecule has 32 heavy (non-hydrogen) atoms. The van der Waals surface area contributed by atoms with Gasteiger partial charge in [0.25, 0.3) is 0 Å². The number of anilines is 1. The van der Waals surface area contributed by atoms with Crippen molar-refractivity contribution in [2.45, 2.75) is 82.6 Å². The molecule has 0 radical (unpaired) electrons. The number of rotatable bonds is 6. The lowest BCUT2D eigenvalue weighted by Gasteiger charge is -2.22. The van der Waals surface area contributed by atoms with Crippen LogP contribution in [0.1, 0.15) is 75.8 Å². The summed E-state index contributed by atoms with van der Waals surface area (Å²) in [4.78, 5) is 23.5. The topological polar surface area (TPSA) is 55.4 Å². The molecule has 1 N–H and O–H groups in total. The zero-order valence-corrected chi connectivity index (χ0v) is 22.4. The van der Waals surface area contributed by atoms with Crippen LogP contribution >= 0.6 is 11.6 Å². The summed E-state index contributed by atoms with van der Waals surface area (Å²) in [6, 6.07) is 7.20. The number of carbonyl (C=O) groups excluding carboxylic acids is 2. The molecule has 0 spiro atoms. The molecule has 0 aromatic heterocycles. The van der Waals surface area contributed by atoms with Gasteiger partial charge in [0, 0.05) is 12.1 Å². The van der Waals surface area contributed by atoms with Gasteiger partial charge in [-0.25, -0.2) is 0 Å². The second-order valence-corrected chi connectivity index (χ2v) is 8.37. The standard InChI is InChI=1S/C23H28ClNO3.2C2H6/c1-13-14(2)16(4)21(17(5)15(13)3)28-19-10-8-18(9-11-19)25-22(27)23(6,7)12-20(24)26;2*1-2/h8-11H,12H2,1-7H3,(H,25,27);2*1-2H3. The predicted octanol–water partition coefficient (Wildman–Crippen LogP) is 8.19. The van der Waals surface area contributed by atoms with Crippen LogP contribution < -0.4 is 10.1 Å². The van der Waals surface area contributed by atoms with E-state index < -0.39 is 10.7 Å². The summed E-state index contributed by atoms with van der Waals surface area (Å²) in [6.45, 7) is 21.9. The van der Waals surface area contributed by atoms with Crippen LogP contribution in [0.2, 0.25) is 0 Å². The molecule has 1 amide bonds. The van der Waals surface area contributed by atoms with E-state index >= 15 is 0 Å². The number of hydrogen-bond donors (Lipinski definition) is 1. The Kier molecular flexibility index (Phi) is 12.3. The lowest BCUT2D eigenvalue weighted by molar-refractivity contribution is -0.127. The van der Waals surface area contributed by atoms with Gasteiger partial charge in [0.2, 0.25) is 11.1 Å². The summed E-state index contributed by atoms with van der Waals surface area (Å²) in [5.74, 6) is 1.31. The number of benzene rings is 2. The fourth-order valence-corrected chi connectivity index (χ4v) is 3.40. The molecule has 2 aromatic carbocycles. The number of amides is 1. The normalized spacial score (nSPS) is 10.2. The average Bonchev–Trinajstić information content (AvgIpc) is 2.77. The molecule has 0 fully saturated rings. The molecular formula is C27H40ClNO3. The van der Waals surface area contributed by atoms with Crippen molar-refractivity contribution in [1.29, 1.82) is 0 Å². The summed E-state index contributed by atoms with van der Waals surface area (Å²) < 4.78 is 6.16. The first-order valence-corrected chi connectivity index (χ1v) is 11.7. The van der Waals surface area contributed by atoms with Crippen LogP contribution in [0.15, 0.2) is 24.3 Å². The first kappa shape index (κ1) is 29.7. The minimum atomic E-state index is -0.876. The SMILES string of the molecule is CC.CC.Cc1c(C)c(C)c(Oc2ccc(NC(=O)C(C)(C)CC(=O)Cl)cc2)c(C)c1C. The zero-order chi connectivity index (χ0) is 25.2. The van der Waals surface area contributed by atoms with Gasteiger partial charge in [0.1, 0.15) is 11.5 Å². The molecule has 178 valence electrons. The quantitative estimate of drug-likeness (QED) is 0.441. The van der Waals surface area contributed by atoms with Gasteiger partial charge < -0.3 is 10.1 Å². The van der Waals surface area contributed by atoms with E-state index in [9.17, 15) is 9.59 Å². The molecule has 0 heterocycles. The molecule has 2 aromatic rings. The molecule has 0 unspecified atom stereocenters. The molecule has 0 aliphatic heterocycles. The smallest absolute Gasteiger partial charge is 0.230 e. The summed E-state index contributed by atoms with van der Waals surface area (Å²) in [7, 11) is 0. The third-order valence-electron chi connectivity index (χ3n) is 5.46. The maximum atomic E-state index is 12.4. The van der Waals surface area contributed by atoms with Crippen molar-refractivity contribution in [3.05, 3.63) is 52.1 Å². The largest absolute Gasteiger partial charge is 0.457 e. The first-order chi connectivity index (χ1) is 14.9. The highest BCUT2D eigenvalue weighted by Crippen LogP contribution is 2.35. The molecule has 2 rings (SSSR count). The molecule has 0 saturated heterocycles. The van der Waals surface area contributed by atoms with Crippen LogP contribution in [0.25, 0.3) is 0 Å². The van der Waals surface area contributed by atoms with Crippen LogP contribution in [0.3, 0.4) is 0 Å². The number of carbonyl (C=O) groups is 2. The van der Waals surface area contributed by atoms with Gasteiger partial charge in [0.05, 0.1) is 5.41 Å². The fraction of sp³-hybridized carbons (Fsp3) is 0.481. The average molecular weight is 462 g/mol.